The lowest BCUT2D eigenvalue weighted by atomic mass is 9.92. The summed E-state index contributed by atoms with van der Waals surface area (Å²) < 4.78 is 0. The van der Waals surface area contributed by atoms with Crippen LogP contribution in [-0.4, -0.2) is 25.2 Å². The molecule has 4 heteroatoms. The Labute approximate surface area is 77.8 Å². The number of rotatable bonds is 6. The van der Waals surface area contributed by atoms with E-state index in [0.717, 1.165) is 6.42 Å². The summed E-state index contributed by atoms with van der Waals surface area (Å²) in [5, 5.41) is 0. The zero-order valence-corrected chi connectivity index (χ0v) is 7.99. The van der Waals surface area contributed by atoms with Gasteiger partial charge in [0.15, 0.2) is 0 Å². The fourth-order valence-corrected chi connectivity index (χ4v) is 1.20. The number of hydrogen-bond acceptors (Lipinski definition) is 4. The van der Waals surface area contributed by atoms with Crippen LogP contribution in [0.4, 0.5) is 0 Å². The van der Waals surface area contributed by atoms with Crippen molar-refractivity contribution in [1.82, 2.24) is 0 Å². The average molecular weight is 182 g/mol. The molecule has 0 bridgehead atoms. The Bertz CT molecular complexity index is 228. The van der Waals surface area contributed by atoms with E-state index in [4.69, 9.17) is 0 Å². The quantitative estimate of drug-likeness (QED) is 0.459. The molecule has 0 amide bonds. The van der Waals surface area contributed by atoms with Gasteiger partial charge in [0.2, 0.25) is 12.2 Å². The van der Waals surface area contributed by atoms with Gasteiger partial charge >= 0.3 is 0 Å². The summed E-state index contributed by atoms with van der Waals surface area (Å²) >= 11 is 0. The van der Waals surface area contributed by atoms with Gasteiger partial charge in [-0.25, -0.2) is 19.6 Å². The lowest BCUT2D eigenvalue weighted by molar-refractivity contribution is 0.364. The summed E-state index contributed by atoms with van der Waals surface area (Å²) in [4.78, 5) is 26.8. The first-order valence-corrected chi connectivity index (χ1v) is 4.33. The van der Waals surface area contributed by atoms with E-state index in [1.165, 1.54) is 12.2 Å². The molecule has 0 spiro atoms. The molecular formula is C9H14N2O2. The highest BCUT2D eigenvalue weighted by molar-refractivity contribution is 5.33. The van der Waals surface area contributed by atoms with Crippen LogP contribution in [0.1, 0.15) is 20.3 Å². The summed E-state index contributed by atoms with van der Waals surface area (Å²) in [5.74, 6) is 0.544. The van der Waals surface area contributed by atoms with Gasteiger partial charge in [-0.2, -0.15) is 0 Å². The molecule has 0 saturated carbocycles. The predicted molar refractivity (Wildman–Crippen MR) is 48.9 cm³/mol. The first kappa shape index (κ1) is 11.8. The molecule has 2 unspecified atom stereocenters. The SMILES string of the molecule is CCC(CN=C=O)C(C)CN=C=O. The largest absolute Gasteiger partial charge is 0.234 e. The van der Waals surface area contributed by atoms with Crippen molar-refractivity contribution < 1.29 is 9.59 Å². The highest BCUT2D eigenvalue weighted by Gasteiger charge is 2.14. The Balaban J connectivity index is 4.04. The molecule has 0 aliphatic rings. The minimum atomic E-state index is 0.253. The van der Waals surface area contributed by atoms with Gasteiger partial charge in [0, 0.05) is 0 Å². The third-order valence-corrected chi connectivity index (χ3v) is 2.16. The number of aliphatic imine (C=N–C) groups is 2. The van der Waals surface area contributed by atoms with Crippen LogP contribution in [0.3, 0.4) is 0 Å². The topological polar surface area (TPSA) is 58.9 Å². The third-order valence-electron chi connectivity index (χ3n) is 2.16. The number of carbonyl (C=O) groups excluding carboxylic acids is 2. The second-order valence-electron chi connectivity index (χ2n) is 3.01. The van der Waals surface area contributed by atoms with E-state index in [9.17, 15) is 9.59 Å². The maximum absolute atomic E-state index is 9.88. The number of nitrogens with zero attached hydrogens (tertiary/aromatic N) is 2. The molecule has 72 valence electrons. The van der Waals surface area contributed by atoms with Crippen molar-refractivity contribution in [2.24, 2.45) is 21.8 Å². The molecule has 0 heterocycles. The van der Waals surface area contributed by atoms with E-state index < -0.39 is 0 Å². The van der Waals surface area contributed by atoms with Crippen LogP contribution in [0.5, 0.6) is 0 Å². The van der Waals surface area contributed by atoms with Gasteiger partial charge in [0.25, 0.3) is 0 Å². The van der Waals surface area contributed by atoms with Crippen LogP contribution in [0.15, 0.2) is 9.98 Å². The summed E-state index contributed by atoms with van der Waals surface area (Å²) in [6, 6.07) is 0. The van der Waals surface area contributed by atoms with Crippen molar-refractivity contribution in [2.45, 2.75) is 20.3 Å². The van der Waals surface area contributed by atoms with Crippen molar-refractivity contribution in [1.29, 1.82) is 0 Å². The smallest absolute Gasteiger partial charge is 0.211 e. The Morgan fingerprint density at radius 2 is 1.69 bits per heavy atom. The molecule has 0 aromatic heterocycles. The fraction of sp³-hybridized carbons (Fsp3) is 0.778. The predicted octanol–water partition coefficient (Wildman–Crippen LogP) is 1.32. The van der Waals surface area contributed by atoms with Gasteiger partial charge in [-0.05, 0) is 11.8 Å². The Hall–Kier alpha value is -1.24. The molecule has 0 radical (unpaired) electrons. The maximum Gasteiger partial charge on any atom is 0.234 e. The van der Waals surface area contributed by atoms with Crippen molar-refractivity contribution in [3.8, 4) is 0 Å². The van der Waals surface area contributed by atoms with Crippen LogP contribution < -0.4 is 0 Å². The highest BCUT2D eigenvalue weighted by Crippen LogP contribution is 2.15. The fourth-order valence-electron chi connectivity index (χ4n) is 1.20. The molecule has 0 aromatic carbocycles. The Morgan fingerprint density at radius 3 is 2.15 bits per heavy atom. The molecule has 0 fully saturated rings. The normalized spacial score (nSPS) is 13.7. The van der Waals surface area contributed by atoms with Gasteiger partial charge in [0.05, 0.1) is 13.1 Å². The molecule has 4 nitrogen and oxygen atoms in total. The van der Waals surface area contributed by atoms with Gasteiger partial charge in [-0.1, -0.05) is 20.3 Å². The first-order valence-electron chi connectivity index (χ1n) is 4.33. The van der Waals surface area contributed by atoms with Gasteiger partial charge < -0.3 is 0 Å². The standard InChI is InChI=1S/C9H14N2O2/c1-3-9(5-11-7-13)8(2)4-10-6-12/h8-9H,3-5H2,1-2H3. The number of isocyanates is 2. The summed E-state index contributed by atoms with van der Waals surface area (Å²) in [7, 11) is 0. The minimum absolute atomic E-state index is 0.253. The molecule has 13 heavy (non-hydrogen) atoms. The Kier molecular flexibility index (Phi) is 6.70. The molecule has 2 atom stereocenters. The average Bonchev–Trinajstić information content (AvgIpc) is 2.16. The van der Waals surface area contributed by atoms with E-state index in [2.05, 4.69) is 9.98 Å². The summed E-state index contributed by atoms with van der Waals surface area (Å²) in [6.45, 7) is 4.92. The molecule has 0 N–H and O–H groups in total. The van der Waals surface area contributed by atoms with Gasteiger partial charge in [0.1, 0.15) is 0 Å². The van der Waals surface area contributed by atoms with Crippen LogP contribution in [0, 0.1) is 11.8 Å². The van der Waals surface area contributed by atoms with Gasteiger partial charge in [-0.15, -0.1) is 0 Å². The number of hydrogen-bond donors (Lipinski definition) is 0. The van der Waals surface area contributed by atoms with Crippen molar-refractivity contribution in [3.05, 3.63) is 0 Å². The zero-order valence-electron chi connectivity index (χ0n) is 7.99. The first-order chi connectivity index (χ1) is 6.26. The minimum Gasteiger partial charge on any atom is -0.211 e. The highest BCUT2D eigenvalue weighted by atomic mass is 16.1. The van der Waals surface area contributed by atoms with Crippen LogP contribution in [0.2, 0.25) is 0 Å². The van der Waals surface area contributed by atoms with Crippen molar-refractivity contribution in [3.63, 3.8) is 0 Å². The van der Waals surface area contributed by atoms with E-state index in [1.807, 2.05) is 13.8 Å². The lowest BCUT2D eigenvalue weighted by Gasteiger charge is -2.17. The van der Waals surface area contributed by atoms with Crippen LogP contribution >= 0.6 is 0 Å². The monoisotopic (exact) mass is 182 g/mol. The zero-order chi connectivity index (χ0) is 10.1. The van der Waals surface area contributed by atoms with E-state index in [1.54, 1.807) is 0 Å². The molecule has 0 aliphatic heterocycles. The van der Waals surface area contributed by atoms with Crippen LogP contribution in [-0.2, 0) is 9.59 Å². The van der Waals surface area contributed by atoms with Crippen LogP contribution in [0.25, 0.3) is 0 Å². The molecule has 0 aliphatic carbocycles. The van der Waals surface area contributed by atoms with E-state index in [0.29, 0.717) is 19.0 Å². The summed E-state index contributed by atoms with van der Waals surface area (Å²) in [5.41, 5.74) is 0. The van der Waals surface area contributed by atoms with Crippen molar-refractivity contribution in [2.75, 3.05) is 13.1 Å². The summed E-state index contributed by atoms with van der Waals surface area (Å²) in [6.07, 6.45) is 3.93. The second-order valence-corrected chi connectivity index (χ2v) is 3.01. The molecular weight excluding hydrogens is 168 g/mol. The molecule has 0 saturated heterocycles. The Morgan fingerprint density at radius 1 is 1.15 bits per heavy atom. The van der Waals surface area contributed by atoms with Gasteiger partial charge in [-0.3, -0.25) is 0 Å². The van der Waals surface area contributed by atoms with E-state index in [-0.39, 0.29) is 5.92 Å². The molecule has 0 rings (SSSR count). The van der Waals surface area contributed by atoms with Crippen molar-refractivity contribution >= 4 is 12.2 Å². The van der Waals surface area contributed by atoms with E-state index >= 15 is 0 Å². The third kappa shape index (κ3) is 5.07. The maximum atomic E-state index is 9.88. The lowest BCUT2D eigenvalue weighted by Crippen LogP contribution is -2.16. The molecule has 0 aromatic rings. The second kappa shape index (κ2) is 7.41.